The topological polar surface area (TPSA) is 100 Å². The van der Waals surface area contributed by atoms with Gasteiger partial charge in [-0.3, -0.25) is 5.41 Å². The third-order valence-corrected chi connectivity index (χ3v) is 2.07. The molecule has 19 heavy (non-hydrogen) atoms. The Bertz CT molecular complexity index is 449. The molecule has 0 unspecified atom stereocenters. The van der Waals surface area contributed by atoms with Crippen LogP contribution in [0.25, 0.3) is 0 Å². The second kappa shape index (κ2) is 6.08. The van der Waals surface area contributed by atoms with Crippen molar-refractivity contribution in [1.82, 2.24) is 5.32 Å². The van der Waals surface area contributed by atoms with E-state index >= 15 is 0 Å². The summed E-state index contributed by atoms with van der Waals surface area (Å²) in [7, 11) is 0. The number of amides is 1. The van der Waals surface area contributed by atoms with Crippen molar-refractivity contribution in [2.45, 2.75) is 32.9 Å². The Labute approximate surface area is 112 Å². The molecule has 0 bridgehead atoms. The monoisotopic (exact) mass is 264 g/mol. The maximum absolute atomic E-state index is 11.5. The van der Waals surface area contributed by atoms with Gasteiger partial charge in [0.2, 0.25) is 0 Å². The van der Waals surface area contributed by atoms with Crippen LogP contribution in [0.5, 0.6) is 0 Å². The average molecular weight is 264 g/mol. The Hall–Kier alpha value is -2.24. The van der Waals surface area contributed by atoms with Gasteiger partial charge in [0, 0.05) is 12.2 Å². The van der Waals surface area contributed by atoms with E-state index in [0.29, 0.717) is 6.54 Å². The first-order chi connectivity index (χ1) is 8.76. The standard InChI is InChI=1S/C13H20N4O2/c1-13(2,3)19-12(18)16-8-9-4-6-10(7-5-9)17-11(14)15/h4-7H,8H2,1-3H3,(H,16,18)(H4,14,15,17). The number of carbonyl (C=O) groups is 1. The molecule has 6 heteroatoms. The SMILES string of the molecule is CC(C)(C)OC(=O)NCc1ccc(NC(=N)N)cc1. The zero-order valence-corrected chi connectivity index (χ0v) is 11.4. The Balaban J connectivity index is 2.46. The molecule has 1 rings (SSSR count). The van der Waals surface area contributed by atoms with Crippen LogP contribution in [-0.4, -0.2) is 17.7 Å². The van der Waals surface area contributed by atoms with E-state index < -0.39 is 11.7 Å². The molecule has 104 valence electrons. The Morgan fingerprint density at radius 1 is 1.32 bits per heavy atom. The number of hydrogen-bond donors (Lipinski definition) is 4. The third kappa shape index (κ3) is 6.30. The van der Waals surface area contributed by atoms with Crippen molar-refractivity contribution in [3.63, 3.8) is 0 Å². The minimum absolute atomic E-state index is 0.111. The summed E-state index contributed by atoms with van der Waals surface area (Å²) in [5, 5.41) is 12.4. The average Bonchev–Trinajstić information content (AvgIpc) is 2.25. The summed E-state index contributed by atoms with van der Waals surface area (Å²) in [5.41, 5.74) is 6.38. The molecular weight excluding hydrogens is 244 g/mol. The number of rotatable bonds is 3. The van der Waals surface area contributed by atoms with Crippen LogP contribution < -0.4 is 16.4 Å². The second-order valence-electron chi connectivity index (χ2n) is 5.09. The van der Waals surface area contributed by atoms with Crippen LogP contribution in [0.2, 0.25) is 0 Å². The molecule has 5 N–H and O–H groups in total. The van der Waals surface area contributed by atoms with E-state index in [2.05, 4.69) is 10.6 Å². The first-order valence-electron chi connectivity index (χ1n) is 5.93. The van der Waals surface area contributed by atoms with Crippen molar-refractivity contribution in [2.75, 3.05) is 5.32 Å². The predicted molar refractivity (Wildman–Crippen MR) is 75.1 cm³/mol. The van der Waals surface area contributed by atoms with Gasteiger partial charge >= 0.3 is 6.09 Å². The number of nitrogens with two attached hydrogens (primary N) is 1. The van der Waals surface area contributed by atoms with Gasteiger partial charge in [-0.15, -0.1) is 0 Å². The molecule has 6 nitrogen and oxygen atoms in total. The van der Waals surface area contributed by atoms with Gasteiger partial charge in [0.1, 0.15) is 5.60 Å². The van der Waals surface area contributed by atoms with E-state index in [-0.39, 0.29) is 5.96 Å². The van der Waals surface area contributed by atoms with Crippen molar-refractivity contribution in [3.8, 4) is 0 Å². The van der Waals surface area contributed by atoms with Crippen LogP contribution in [0, 0.1) is 5.41 Å². The zero-order valence-electron chi connectivity index (χ0n) is 11.4. The Morgan fingerprint density at radius 2 is 1.89 bits per heavy atom. The van der Waals surface area contributed by atoms with Gasteiger partial charge in [-0.05, 0) is 38.5 Å². The summed E-state index contributed by atoms with van der Waals surface area (Å²) in [5.74, 6) is -0.111. The van der Waals surface area contributed by atoms with Crippen molar-refractivity contribution in [3.05, 3.63) is 29.8 Å². The number of carbonyl (C=O) groups excluding carboxylic acids is 1. The van der Waals surface area contributed by atoms with Crippen LogP contribution in [-0.2, 0) is 11.3 Å². The lowest BCUT2D eigenvalue weighted by atomic mass is 10.2. The van der Waals surface area contributed by atoms with E-state index in [9.17, 15) is 4.79 Å². The molecule has 0 radical (unpaired) electrons. The lowest BCUT2D eigenvalue weighted by Crippen LogP contribution is -2.32. The van der Waals surface area contributed by atoms with Crippen LogP contribution >= 0.6 is 0 Å². The van der Waals surface area contributed by atoms with Crippen LogP contribution in [0.1, 0.15) is 26.3 Å². The molecule has 0 aliphatic rings. The lowest BCUT2D eigenvalue weighted by Gasteiger charge is -2.19. The second-order valence-corrected chi connectivity index (χ2v) is 5.09. The molecular formula is C13H20N4O2. The molecule has 0 aliphatic carbocycles. The Morgan fingerprint density at radius 3 is 2.37 bits per heavy atom. The van der Waals surface area contributed by atoms with Crippen molar-refractivity contribution in [1.29, 1.82) is 5.41 Å². The summed E-state index contributed by atoms with van der Waals surface area (Å²) in [6, 6.07) is 7.24. The summed E-state index contributed by atoms with van der Waals surface area (Å²) in [4.78, 5) is 11.5. The number of guanidine groups is 1. The maximum atomic E-state index is 11.5. The summed E-state index contributed by atoms with van der Waals surface area (Å²) in [6.07, 6.45) is -0.446. The highest BCUT2D eigenvalue weighted by Crippen LogP contribution is 2.10. The fourth-order valence-corrected chi connectivity index (χ4v) is 1.35. The molecule has 0 saturated carbocycles. The van der Waals surface area contributed by atoms with Gasteiger partial charge in [-0.1, -0.05) is 12.1 Å². The van der Waals surface area contributed by atoms with Gasteiger partial charge in [-0.25, -0.2) is 4.79 Å². The summed E-state index contributed by atoms with van der Waals surface area (Å²) >= 11 is 0. The fraction of sp³-hybridized carbons (Fsp3) is 0.385. The van der Waals surface area contributed by atoms with Crippen molar-refractivity contribution >= 4 is 17.7 Å². The molecule has 1 amide bonds. The summed E-state index contributed by atoms with van der Waals surface area (Å²) < 4.78 is 5.13. The van der Waals surface area contributed by atoms with E-state index in [1.165, 1.54) is 0 Å². The normalized spacial score (nSPS) is 10.7. The number of nitrogens with one attached hydrogen (secondary N) is 3. The van der Waals surface area contributed by atoms with Gasteiger partial charge in [0.15, 0.2) is 5.96 Å². The molecule has 0 atom stereocenters. The van der Waals surface area contributed by atoms with E-state index in [1.54, 1.807) is 12.1 Å². The minimum atomic E-state index is -0.501. The van der Waals surface area contributed by atoms with Crippen LogP contribution in [0.4, 0.5) is 10.5 Å². The molecule has 0 heterocycles. The largest absolute Gasteiger partial charge is 0.444 e. The van der Waals surface area contributed by atoms with Crippen molar-refractivity contribution < 1.29 is 9.53 Å². The highest BCUT2D eigenvalue weighted by atomic mass is 16.6. The zero-order chi connectivity index (χ0) is 14.5. The van der Waals surface area contributed by atoms with E-state index in [0.717, 1.165) is 11.3 Å². The maximum Gasteiger partial charge on any atom is 0.407 e. The van der Waals surface area contributed by atoms with Crippen LogP contribution in [0.3, 0.4) is 0 Å². The number of benzene rings is 1. The predicted octanol–water partition coefficient (Wildman–Crippen LogP) is 2.02. The van der Waals surface area contributed by atoms with Crippen LogP contribution in [0.15, 0.2) is 24.3 Å². The first kappa shape index (κ1) is 14.8. The quantitative estimate of drug-likeness (QED) is 0.495. The molecule has 0 spiro atoms. The third-order valence-electron chi connectivity index (χ3n) is 2.07. The minimum Gasteiger partial charge on any atom is -0.444 e. The number of hydrogen-bond acceptors (Lipinski definition) is 3. The van der Waals surface area contributed by atoms with E-state index in [4.69, 9.17) is 15.9 Å². The number of alkyl carbamates (subject to hydrolysis) is 1. The van der Waals surface area contributed by atoms with Crippen molar-refractivity contribution in [2.24, 2.45) is 5.73 Å². The Kier molecular flexibility index (Phi) is 4.74. The highest BCUT2D eigenvalue weighted by molar-refractivity contribution is 5.89. The molecule has 1 aromatic rings. The van der Waals surface area contributed by atoms with E-state index in [1.807, 2.05) is 32.9 Å². The molecule has 0 aliphatic heterocycles. The number of anilines is 1. The molecule has 1 aromatic carbocycles. The molecule has 0 aromatic heterocycles. The summed E-state index contributed by atoms with van der Waals surface area (Å²) in [6.45, 7) is 5.83. The number of ether oxygens (including phenoxy) is 1. The van der Waals surface area contributed by atoms with Gasteiger partial charge in [0.05, 0.1) is 0 Å². The van der Waals surface area contributed by atoms with Gasteiger partial charge in [-0.2, -0.15) is 0 Å². The van der Waals surface area contributed by atoms with Gasteiger partial charge < -0.3 is 21.1 Å². The first-order valence-corrected chi connectivity index (χ1v) is 5.93. The lowest BCUT2D eigenvalue weighted by molar-refractivity contribution is 0.0523. The highest BCUT2D eigenvalue weighted by Gasteiger charge is 2.15. The van der Waals surface area contributed by atoms with Gasteiger partial charge in [0.25, 0.3) is 0 Å². The fourth-order valence-electron chi connectivity index (χ4n) is 1.35. The smallest absolute Gasteiger partial charge is 0.407 e. The molecule has 0 saturated heterocycles. The molecule has 0 fully saturated rings.